The van der Waals surface area contributed by atoms with E-state index in [-0.39, 0.29) is 6.10 Å². The van der Waals surface area contributed by atoms with E-state index in [4.69, 9.17) is 5.11 Å². The zero-order chi connectivity index (χ0) is 8.97. The third-order valence-electron chi connectivity index (χ3n) is 2.77. The molecule has 72 valence electrons. The fourth-order valence-electron chi connectivity index (χ4n) is 1.84. The lowest BCUT2D eigenvalue weighted by atomic mass is 10.0. The number of likely N-dealkylation sites (tertiary alicyclic amines) is 1. The molecular weight excluding hydrogens is 150 g/mol. The van der Waals surface area contributed by atoms with Gasteiger partial charge in [-0.1, -0.05) is 6.42 Å². The lowest BCUT2D eigenvalue weighted by Crippen LogP contribution is -2.38. The summed E-state index contributed by atoms with van der Waals surface area (Å²) in [7, 11) is 0. The van der Waals surface area contributed by atoms with Crippen molar-refractivity contribution in [3.63, 3.8) is 0 Å². The van der Waals surface area contributed by atoms with Crippen molar-refractivity contribution >= 4 is 0 Å². The van der Waals surface area contributed by atoms with Crippen LogP contribution < -0.4 is 0 Å². The van der Waals surface area contributed by atoms with E-state index < -0.39 is 0 Å². The molecule has 2 atom stereocenters. The van der Waals surface area contributed by atoms with Crippen LogP contribution in [0.4, 0.5) is 0 Å². The Bertz CT molecular complexity index is 125. The summed E-state index contributed by atoms with van der Waals surface area (Å²) in [5, 5.41) is 9.14. The highest BCUT2D eigenvalue weighted by molar-refractivity contribution is 4.73. The first-order valence-corrected chi connectivity index (χ1v) is 5.12. The quantitative estimate of drug-likeness (QED) is 0.697. The molecule has 2 nitrogen and oxygen atoms in total. The van der Waals surface area contributed by atoms with E-state index in [1.165, 1.54) is 25.8 Å². The van der Waals surface area contributed by atoms with Crippen molar-refractivity contribution in [1.82, 2.24) is 4.90 Å². The van der Waals surface area contributed by atoms with Crippen molar-refractivity contribution in [2.45, 2.75) is 51.7 Å². The minimum absolute atomic E-state index is 0.140. The van der Waals surface area contributed by atoms with Crippen molar-refractivity contribution in [2.75, 3.05) is 13.1 Å². The number of hydrogen-bond acceptors (Lipinski definition) is 2. The summed E-state index contributed by atoms with van der Waals surface area (Å²) in [6.45, 7) is 6.46. The maximum Gasteiger partial charge on any atom is 0.0524 e. The van der Waals surface area contributed by atoms with Gasteiger partial charge in [0.25, 0.3) is 0 Å². The monoisotopic (exact) mass is 171 g/mol. The van der Waals surface area contributed by atoms with Gasteiger partial charge in [-0.25, -0.2) is 0 Å². The largest absolute Gasteiger partial charge is 0.393 e. The summed E-state index contributed by atoms with van der Waals surface area (Å²) in [5.41, 5.74) is 0. The van der Waals surface area contributed by atoms with Gasteiger partial charge in [-0.05, 0) is 39.7 Å². The number of hydrogen-bond donors (Lipinski definition) is 1. The summed E-state index contributed by atoms with van der Waals surface area (Å²) in [6, 6.07) is 0.734. The Morgan fingerprint density at radius 3 is 2.83 bits per heavy atom. The van der Waals surface area contributed by atoms with Gasteiger partial charge < -0.3 is 10.0 Å². The first-order chi connectivity index (χ1) is 5.70. The van der Waals surface area contributed by atoms with Gasteiger partial charge in [0.05, 0.1) is 6.10 Å². The van der Waals surface area contributed by atoms with Crippen LogP contribution in [0.1, 0.15) is 39.5 Å². The van der Waals surface area contributed by atoms with Crippen LogP contribution in [0, 0.1) is 0 Å². The highest BCUT2D eigenvalue weighted by Crippen LogP contribution is 2.16. The Morgan fingerprint density at radius 1 is 1.50 bits per heavy atom. The van der Waals surface area contributed by atoms with Gasteiger partial charge in [0.15, 0.2) is 0 Å². The van der Waals surface area contributed by atoms with E-state index in [0.717, 1.165) is 19.0 Å². The molecule has 1 N–H and O–H groups in total. The van der Waals surface area contributed by atoms with Gasteiger partial charge in [-0.3, -0.25) is 0 Å². The topological polar surface area (TPSA) is 23.5 Å². The van der Waals surface area contributed by atoms with Crippen LogP contribution in [0.5, 0.6) is 0 Å². The molecule has 1 aliphatic heterocycles. The van der Waals surface area contributed by atoms with E-state index >= 15 is 0 Å². The van der Waals surface area contributed by atoms with Gasteiger partial charge in [-0.15, -0.1) is 0 Å². The van der Waals surface area contributed by atoms with E-state index in [2.05, 4.69) is 11.8 Å². The normalized spacial score (nSPS) is 28.8. The predicted octanol–water partition coefficient (Wildman–Crippen LogP) is 1.63. The van der Waals surface area contributed by atoms with Crippen LogP contribution >= 0.6 is 0 Å². The van der Waals surface area contributed by atoms with E-state index in [1.807, 2.05) is 6.92 Å². The van der Waals surface area contributed by atoms with Crippen LogP contribution in [0.3, 0.4) is 0 Å². The van der Waals surface area contributed by atoms with Crippen LogP contribution in [0.2, 0.25) is 0 Å². The van der Waals surface area contributed by atoms with Gasteiger partial charge >= 0.3 is 0 Å². The second kappa shape index (κ2) is 4.83. The van der Waals surface area contributed by atoms with Gasteiger partial charge in [0.2, 0.25) is 0 Å². The Balaban J connectivity index is 2.20. The zero-order valence-electron chi connectivity index (χ0n) is 8.29. The maximum absolute atomic E-state index is 9.14. The molecular formula is C10H21NO. The number of piperidine rings is 1. The molecule has 0 aromatic rings. The molecule has 0 amide bonds. The van der Waals surface area contributed by atoms with E-state index in [1.54, 1.807) is 0 Å². The minimum Gasteiger partial charge on any atom is -0.393 e. The predicted molar refractivity (Wildman–Crippen MR) is 51.2 cm³/mol. The van der Waals surface area contributed by atoms with Crippen molar-refractivity contribution < 1.29 is 5.11 Å². The Hall–Kier alpha value is -0.0800. The molecule has 1 rings (SSSR count). The molecule has 0 bridgehead atoms. The highest BCUT2D eigenvalue weighted by atomic mass is 16.3. The zero-order valence-corrected chi connectivity index (χ0v) is 8.29. The molecule has 0 aromatic heterocycles. The third-order valence-corrected chi connectivity index (χ3v) is 2.77. The number of aliphatic hydroxyl groups is 1. The van der Waals surface area contributed by atoms with E-state index in [9.17, 15) is 0 Å². The molecule has 12 heavy (non-hydrogen) atoms. The third kappa shape index (κ3) is 3.11. The summed E-state index contributed by atoms with van der Waals surface area (Å²) < 4.78 is 0. The Kier molecular flexibility index (Phi) is 4.02. The number of nitrogens with zero attached hydrogens (tertiary/aromatic N) is 1. The van der Waals surface area contributed by atoms with Crippen molar-refractivity contribution in [2.24, 2.45) is 0 Å². The highest BCUT2D eigenvalue weighted by Gasteiger charge is 2.17. The second-order valence-corrected chi connectivity index (χ2v) is 4.02. The first kappa shape index (κ1) is 10.0. The lowest BCUT2D eigenvalue weighted by Gasteiger charge is -2.33. The van der Waals surface area contributed by atoms with Gasteiger partial charge in [0, 0.05) is 12.6 Å². The van der Waals surface area contributed by atoms with Gasteiger partial charge in [0.1, 0.15) is 0 Å². The summed E-state index contributed by atoms with van der Waals surface area (Å²) >= 11 is 0. The smallest absolute Gasteiger partial charge is 0.0524 e. The van der Waals surface area contributed by atoms with Crippen molar-refractivity contribution in [3.8, 4) is 0 Å². The average molecular weight is 171 g/mol. The molecule has 0 aromatic carbocycles. The molecule has 1 saturated heterocycles. The molecule has 0 aliphatic carbocycles. The number of rotatable bonds is 3. The molecule has 0 radical (unpaired) electrons. The number of aliphatic hydroxyl groups excluding tert-OH is 1. The fraction of sp³-hybridized carbons (Fsp3) is 1.00. The molecule has 0 spiro atoms. The summed E-state index contributed by atoms with van der Waals surface area (Å²) in [6.07, 6.45) is 4.83. The minimum atomic E-state index is -0.140. The SMILES string of the molecule is CC(O)CCN1CCCCC1C. The first-order valence-electron chi connectivity index (χ1n) is 5.12. The second-order valence-electron chi connectivity index (χ2n) is 4.02. The average Bonchev–Trinajstić information content (AvgIpc) is 2.03. The fourth-order valence-corrected chi connectivity index (χ4v) is 1.84. The molecule has 2 heteroatoms. The Labute approximate surface area is 75.6 Å². The summed E-state index contributed by atoms with van der Waals surface area (Å²) in [5.74, 6) is 0. The maximum atomic E-state index is 9.14. The van der Waals surface area contributed by atoms with Crippen LogP contribution in [0.25, 0.3) is 0 Å². The Morgan fingerprint density at radius 2 is 2.25 bits per heavy atom. The molecule has 2 unspecified atom stereocenters. The van der Waals surface area contributed by atoms with Gasteiger partial charge in [-0.2, -0.15) is 0 Å². The standard InChI is InChI=1S/C10H21NO/c1-9-5-3-4-7-11(9)8-6-10(2)12/h9-10,12H,3-8H2,1-2H3. The van der Waals surface area contributed by atoms with E-state index in [0.29, 0.717) is 0 Å². The van der Waals surface area contributed by atoms with Crippen molar-refractivity contribution in [3.05, 3.63) is 0 Å². The molecule has 1 heterocycles. The molecule has 0 saturated carbocycles. The van der Waals surface area contributed by atoms with Crippen molar-refractivity contribution in [1.29, 1.82) is 0 Å². The van der Waals surface area contributed by atoms with Crippen LogP contribution in [0.15, 0.2) is 0 Å². The lowest BCUT2D eigenvalue weighted by molar-refractivity contribution is 0.118. The van der Waals surface area contributed by atoms with Crippen LogP contribution in [-0.2, 0) is 0 Å². The molecule has 1 aliphatic rings. The van der Waals surface area contributed by atoms with Crippen LogP contribution in [-0.4, -0.2) is 35.2 Å². The summed E-state index contributed by atoms with van der Waals surface area (Å²) in [4.78, 5) is 2.50. The molecule has 1 fully saturated rings.